The number of thiophene rings is 1. The van der Waals surface area contributed by atoms with E-state index in [0.29, 0.717) is 12.1 Å². The van der Waals surface area contributed by atoms with Crippen molar-refractivity contribution in [2.75, 3.05) is 13.1 Å². The Morgan fingerprint density at radius 1 is 1.40 bits per heavy atom. The van der Waals surface area contributed by atoms with Gasteiger partial charge in [-0.3, -0.25) is 0 Å². The van der Waals surface area contributed by atoms with Crippen LogP contribution in [-0.2, 0) is 4.74 Å². The van der Waals surface area contributed by atoms with Crippen LogP contribution in [0.5, 0.6) is 0 Å². The van der Waals surface area contributed by atoms with Crippen LogP contribution in [0, 0.1) is 0 Å². The fourth-order valence-electron chi connectivity index (χ4n) is 2.48. The van der Waals surface area contributed by atoms with Gasteiger partial charge in [0.15, 0.2) is 0 Å². The van der Waals surface area contributed by atoms with Gasteiger partial charge in [0.2, 0.25) is 0 Å². The Labute approximate surface area is 125 Å². The molecule has 1 N–H and O–H groups in total. The molecule has 0 radical (unpaired) electrons. The quantitative estimate of drug-likeness (QED) is 0.926. The van der Waals surface area contributed by atoms with Crippen LogP contribution >= 0.6 is 11.3 Å². The summed E-state index contributed by atoms with van der Waals surface area (Å²) in [5.74, 6) is 0. The largest absolute Gasteiger partial charge is 0.447 e. The maximum atomic E-state index is 11.8. The van der Waals surface area contributed by atoms with Gasteiger partial charge in [-0.05, 0) is 56.0 Å². The second-order valence-corrected chi connectivity index (χ2v) is 6.42. The minimum atomic E-state index is -0.177. The number of rotatable bonds is 4. The number of likely N-dealkylation sites (tertiary alicyclic amines) is 1. The lowest BCUT2D eigenvalue weighted by atomic mass is 10.0. The average Bonchev–Trinajstić information content (AvgIpc) is 2.92. The van der Waals surface area contributed by atoms with Crippen LogP contribution < -0.4 is 5.32 Å². The lowest BCUT2D eigenvalue weighted by Gasteiger charge is -2.33. The molecule has 1 atom stereocenters. The molecular formula is C15H24N2O2S. The summed E-state index contributed by atoms with van der Waals surface area (Å²) >= 11 is 1.73. The van der Waals surface area contributed by atoms with E-state index < -0.39 is 0 Å². The van der Waals surface area contributed by atoms with E-state index in [1.54, 1.807) is 11.3 Å². The van der Waals surface area contributed by atoms with Crippen LogP contribution in [0.2, 0.25) is 0 Å². The molecule has 1 aromatic rings. The molecular weight excluding hydrogens is 272 g/mol. The number of ether oxygens (including phenoxy) is 1. The molecule has 1 aliphatic rings. The number of piperidine rings is 1. The fraction of sp³-hybridized carbons (Fsp3) is 0.667. The molecule has 0 spiro atoms. The van der Waals surface area contributed by atoms with E-state index in [0.717, 1.165) is 25.9 Å². The molecule has 0 aliphatic carbocycles. The summed E-state index contributed by atoms with van der Waals surface area (Å²) in [4.78, 5) is 13.6. The number of nitrogens with one attached hydrogen (secondary N) is 1. The maximum Gasteiger partial charge on any atom is 0.410 e. The first-order valence-electron chi connectivity index (χ1n) is 7.30. The molecule has 0 bridgehead atoms. The first-order chi connectivity index (χ1) is 9.56. The maximum absolute atomic E-state index is 11.8. The first-order valence-corrected chi connectivity index (χ1v) is 8.24. The van der Waals surface area contributed by atoms with Crippen molar-refractivity contribution in [2.24, 2.45) is 0 Å². The molecule has 112 valence electrons. The van der Waals surface area contributed by atoms with Gasteiger partial charge in [0.05, 0.1) is 6.10 Å². The summed E-state index contributed by atoms with van der Waals surface area (Å²) in [5, 5.41) is 7.95. The zero-order chi connectivity index (χ0) is 14.5. The molecule has 1 unspecified atom stereocenters. The first kappa shape index (κ1) is 15.3. The number of carbonyl (C=O) groups excluding carboxylic acids is 1. The summed E-state index contributed by atoms with van der Waals surface area (Å²) in [6.07, 6.45) is 1.75. The normalized spacial score (nSPS) is 18.3. The van der Waals surface area contributed by atoms with Gasteiger partial charge in [0, 0.05) is 25.2 Å². The Hall–Kier alpha value is -1.07. The summed E-state index contributed by atoms with van der Waals surface area (Å²) in [6, 6.07) is 3.02. The predicted octanol–water partition coefficient (Wildman–Crippen LogP) is 3.41. The van der Waals surface area contributed by atoms with Crippen LogP contribution in [0.4, 0.5) is 4.79 Å². The SMILES string of the molecule is CC(C)OC(=O)N1CCC(NC(C)c2ccsc2)CC1. The third-order valence-electron chi connectivity index (χ3n) is 3.62. The smallest absolute Gasteiger partial charge is 0.410 e. The van der Waals surface area contributed by atoms with Gasteiger partial charge >= 0.3 is 6.09 Å². The van der Waals surface area contributed by atoms with E-state index in [1.807, 2.05) is 18.7 Å². The standard InChI is InChI=1S/C15H24N2O2S/c1-11(2)19-15(18)17-7-4-14(5-8-17)16-12(3)13-6-9-20-10-13/h6,9-12,14,16H,4-5,7-8H2,1-3H3. The molecule has 1 aliphatic heterocycles. The van der Waals surface area contributed by atoms with Crippen molar-refractivity contribution in [1.29, 1.82) is 0 Å². The fourth-order valence-corrected chi connectivity index (χ4v) is 3.23. The summed E-state index contributed by atoms with van der Waals surface area (Å²) < 4.78 is 5.23. The van der Waals surface area contributed by atoms with Gasteiger partial charge in [0.1, 0.15) is 0 Å². The van der Waals surface area contributed by atoms with Gasteiger partial charge in [0.25, 0.3) is 0 Å². The topological polar surface area (TPSA) is 41.6 Å². The van der Waals surface area contributed by atoms with Crippen molar-refractivity contribution in [3.63, 3.8) is 0 Å². The van der Waals surface area contributed by atoms with Crippen molar-refractivity contribution in [2.45, 2.75) is 51.8 Å². The predicted molar refractivity (Wildman–Crippen MR) is 82.1 cm³/mol. The highest BCUT2D eigenvalue weighted by Crippen LogP contribution is 2.19. The van der Waals surface area contributed by atoms with E-state index in [1.165, 1.54) is 5.56 Å². The monoisotopic (exact) mass is 296 g/mol. The second kappa shape index (κ2) is 7.09. The van der Waals surface area contributed by atoms with E-state index in [9.17, 15) is 4.79 Å². The van der Waals surface area contributed by atoms with Crippen LogP contribution in [0.15, 0.2) is 16.8 Å². The molecule has 1 fully saturated rings. The highest BCUT2D eigenvalue weighted by molar-refractivity contribution is 7.07. The number of hydrogen-bond acceptors (Lipinski definition) is 4. The van der Waals surface area contributed by atoms with Crippen molar-refractivity contribution < 1.29 is 9.53 Å². The molecule has 4 nitrogen and oxygen atoms in total. The van der Waals surface area contributed by atoms with Crippen molar-refractivity contribution in [3.05, 3.63) is 22.4 Å². The molecule has 1 amide bonds. The minimum Gasteiger partial charge on any atom is -0.447 e. The third-order valence-corrected chi connectivity index (χ3v) is 4.32. The number of nitrogens with zero attached hydrogens (tertiary/aromatic N) is 1. The highest BCUT2D eigenvalue weighted by atomic mass is 32.1. The van der Waals surface area contributed by atoms with Gasteiger partial charge in [-0.25, -0.2) is 4.79 Å². The number of hydrogen-bond donors (Lipinski definition) is 1. The second-order valence-electron chi connectivity index (χ2n) is 5.64. The van der Waals surface area contributed by atoms with Crippen molar-refractivity contribution >= 4 is 17.4 Å². The molecule has 5 heteroatoms. The Morgan fingerprint density at radius 2 is 2.10 bits per heavy atom. The van der Waals surface area contributed by atoms with Crippen LogP contribution in [0.3, 0.4) is 0 Å². The molecule has 1 saturated heterocycles. The molecule has 0 saturated carbocycles. The zero-order valence-corrected chi connectivity index (χ0v) is 13.3. The number of amides is 1. The summed E-state index contributed by atoms with van der Waals surface area (Å²) in [7, 11) is 0. The lowest BCUT2D eigenvalue weighted by Crippen LogP contribution is -2.46. The van der Waals surface area contributed by atoms with E-state index in [4.69, 9.17) is 4.74 Å². The molecule has 1 aromatic heterocycles. The average molecular weight is 296 g/mol. The van der Waals surface area contributed by atoms with Gasteiger partial charge in [-0.2, -0.15) is 11.3 Å². The van der Waals surface area contributed by atoms with Crippen molar-refractivity contribution in [1.82, 2.24) is 10.2 Å². The van der Waals surface area contributed by atoms with Gasteiger partial charge in [-0.15, -0.1) is 0 Å². The van der Waals surface area contributed by atoms with Crippen LogP contribution in [0.1, 0.15) is 45.2 Å². The Balaban J connectivity index is 1.75. The third kappa shape index (κ3) is 4.21. The van der Waals surface area contributed by atoms with Crippen LogP contribution in [-0.4, -0.2) is 36.2 Å². The Morgan fingerprint density at radius 3 is 2.65 bits per heavy atom. The molecule has 2 rings (SSSR count). The lowest BCUT2D eigenvalue weighted by molar-refractivity contribution is 0.0674. The van der Waals surface area contributed by atoms with E-state index >= 15 is 0 Å². The Bertz CT molecular complexity index is 412. The molecule has 20 heavy (non-hydrogen) atoms. The van der Waals surface area contributed by atoms with Gasteiger partial charge in [-0.1, -0.05) is 0 Å². The minimum absolute atomic E-state index is 0.0445. The zero-order valence-electron chi connectivity index (χ0n) is 12.5. The molecule has 2 heterocycles. The highest BCUT2D eigenvalue weighted by Gasteiger charge is 2.25. The molecule has 0 aromatic carbocycles. The van der Waals surface area contributed by atoms with Crippen LogP contribution in [0.25, 0.3) is 0 Å². The number of carbonyl (C=O) groups is 1. The van der Waals surface area contributed by atoms with Gasteiger partial charge < -0.3 is 15.0 Å². The summed E-state index contributed by atoms with van der Waals surface area (Å²) in [5.41, 5.74) is 1.34. The Kier molecular flexibility index (Phi) is 5.43. The van der Waals surface area contributed by atoms with Crippen molar-refractivity contribution in [3.8, 4) is 0 Å². The van der Waals surface area contributed by atoms with E-state index in [2.05, 4.69) is 29.1 Å². The van der Waals surface area contributed by atoms with E-state index in [-0.39, 0.29) is 12.2 Å². The summed E-state index contributed by atoms with van der Waals surface area (Å²) in [6.45, 7) is 7.52.